The van der Waals surface area contributed by atoms with Gasteiger partial charge >= 0.3 is 0 Å². The van der Waals surface area contributed by atoms with E-state index in [1.165, 1.54) is 16.8 Å². The zero-order chi connectivity index (χ0) is 17.1. The molecule has 124 valence electrons. The third kappa shape index (κ3) is 3.91. The molecule has 0 saturated heterocycles. The molecule has 0 N–H and O–H groups in total. The summed E-state index contributed by atoms with van der Waals surface area (Å²) >= 11 is 0. The molecular weight excluding hydrogens is 268 g/mol. The molecule has 0 aromatic carbocycles. The number of rotatable bonds is 6. The third-order valence-electron chi connectivity index (χ3n) is 5.26. The van der Waals surface area contributed by atoms with E-state index >= 15 is 0 Å². The van der Waals surface area contributed by atoms with Crippen LogP contribution in [0.25, 0.3) is 5.57 Å². The van der Waals surface area contributed by atoms with E-state index in [0.29, 0.717) is 5.92 Å². The van der Waals surface area contributed by atoms with Gasteiger partial charge in [-0.1, -0.05) is 45.4 Å². The summed E-state index contributed by atoms with van der Waals surface area (Å²) in [6, 6.07) is 0. The Labute approximate surface area is 137 Å². The van der Waals surface area contributed by atoms with E-state index in [2.05, 4.69) is 72.6 Å². The van der Waals surface area contributed by atoms with Crippen LogP contribution in [0, 0.1) is 25.2 Å². The van der Waals surface area contributed by atoms with Crippen molar-refractivity contribution >= 4 is 5.57 Å². The van der Waals surface area contributed by atoms with Crippen LogP contribution in [-0.2, 0) is 7.05 Å². The number of hydrogen-bond acceptors (Lipinski definition) is 1. The van der Waals surface area contributed by atoms with Gasteiger partial charge in [-0.3, -0.25) is 4.68 Å². The molecule has 0 saturated carbocycles. The quantitative estimate of drug-likeness (QED) is 0.603. The minimum atomic E-state index is 0.231. The lowest BCUT2D eigenvalue weighted by Crippen LogP contribution is -2.19. The lowest BCUT2D eigenvalue weighted by atomic mass is 9.75. The Hall–Kier alpha value is -1.31. The first-order valence-corrected chi connectivity index (χ1v) is 8.48. The molecule has 1 atom stereocenters. The smallest absolute Gasteiger partial charge is 0.0671 e. The van der Waals surface area contributed by atoms with Gasteiger partial charge < -0.3 is 0 Å². The van der Waals surface area contributed by atoms with Crippen molar-refractivity contribution in [2.45, 2.75) is 68.2 Å². The molecule has 0 aliphatic rings. The second kappa shape index (κ2) is 7.30. The van der Waals surface area contributed by atoms with Crippen LogP contribution < -0.4 is 0 Å². The molecule has 22 heavy (non-hydrogen) atoms. The van der Waals surface area contributed by atoms with Crippen molar-refractivity contribution in [2.24, 2.45) is 18.4 Å². The minimum absolute atomic E-state index is 0.231. The van der Waals surface area contributed by atoms with Gasteiger partial charge in [0.25, 0.3) is 0 Å². The van der Waals surface area contributed by atoms with E-state index in [-0.39, 0.29) is 5.41 Å². The molecule has 2 nitrogen and oxygen atoms in total. The molecule has 0 fully saturated rings. The molecule has 1 aromatic heterocycles. The Morgan fingerprint density at radius 2 is 1.91 bits per heavy atom. The number of aryl methyl sites for hydroxylation is 2. The standard InChI is InChI=1S/C20H34N2/c1-10-12-20(7,8)14(3)13-18(11-2)15(4)19-16(5)21-22(9)17(19)6/h10,12,14H,11,13H2,1-9H3/b12-10+,18-15+. The van der Waals surface area contributed by atoms with Crippen LogP contribution in [0.1, 0.15) is 71.3 Å². The van der Waals surface area contributed by atoms with E-state index in [9.17, 15) is 0 Å². The van der Waals surface area contributed by atoms with Crippen molar-refractivity contribution < 1.29 is 0 Å². The third-order valence-corrected chi connectivity index (χ3v) is 5.26. The summed E-state index contributed by atoms with van der Waals surface area (Å²) < 4.78 is 1.99. The molecule has 1 heterocycles. The highest BCUT2D eigenvalue weighted by molar-refractivity contribution is 5.70. The first kappa shape index (κ1) is 18.7. The van der Waals surface area contributed by atoms with Crippen LogP contribution in [0.15, 0.2) is 17.7 Å². The summed E-state index contributed by atoms with van der Waals surface area (Å²) in [4.78, 5) is 0. The highest BCUT2D eigenvalue weighted by Crippen LogP contribution is 2.36. The topological polar surface area (TPSA) is 17.8 Å². The van der Waals surface area contributed by atoms with E-state index in [4.69, 9.17) is 0 Å². The van der Waals surface area contributed by atoms with Gasteiger partial charge in [-0.2, -0.15) is 5.10 Å². The van der Waals surface area contributed by atoms with Gasteiger partial charge in [0.1, 0.15) is 0 Å². The summed E-state index contributed by atoms with van der Waals surface area (Å²) in [6.07, 6.45) is 6.76. The summed E-state index contributed by atoms with van der Waals surface area (Å²) in [5.41, 5.74) is 6.97. The number of aromatic nitrogens is 2. The van der Waals surface area contributed by atoms with Crippen LogP contribution in [0.2, 0.25) is 0 Å². The number of nitrogens with zero attached hydrogens (tertiary/aromatic N) is 2. The second-order valence-electron chi connectivity index (χ2n) is 7.18. The maximum absolute atomic E-state index is 4.58. The fraction of sp³-hybridized carbons (Fsp3) is 0.650. The predicted molar refractivity (Wildman–Crippen MR) is 97.9 cm³/mol. The van der Waals surface area contributed by atoms with E-state index < -0.39 is 0 Å². The molecule has 0 aliphatic heterocycles. The molecule has 1 aromatic rings. The number of hydrogen-bond donors (Lipinski definition) is 0. The van der Waals surface area contributed by atoms with Crippen LogP contribution >= 0.6 is 0 Å². The molecule has 0 bridgehead atoms. The lowest BCUT2D eigenvalue weighted by Gasteiger charge is -2.30. The van der Waals surface area contributed by atoms with Gasteiger partial charge in [0.2, 0.25) is 0 Å². The molecule has 1 unspecified atom stereocenters. The maximum atomic E-state index is 4.58. The number of allylic oxidation sites excluding steroid dienone is 4. The Balaban J connectivity index is 3.18. The maximum Gasteiger partial charge on any atom is 0.0671 e. The second-order valence-corrected chi connectivity index (χ2v) is 7.18. The highest BCUT2D eigenvalue weighted by Gasteiger charge is 2.24. The molecule has 1 rings (SSSR count). The molecular formula is C20H34N2. The van der Waals surface area contributed by atoms with Crippen molar-refractivity contribution in [3.05, 3.63) is 34.7 Å². The van der Waals surface area contributed by atoms with Crippen molar-refractivity contribution in [1.29, 1.82) is 0 Å². The van der Waals surface area contributed by atoms with Crippen LogP contribution in [-0.4, -0.2) is 9.78 Å². The minimum Gasteiger partial charge on any atom is -0.272 e. The Kier molecular flexibility index (Phi) is 6.22. The van der Waals surface area contributed by atoms with Gasteiger partial charge in [0, 0.05) is 18.3 Å². The molecule has 0 aliphatic carbocycles. The van der Waals surface area contributed by atoms with Gasteiger partial charge in [0.05, 0.1) is 5.69 Å². The van der Waals surface area contributed by atoms with Crippen LogP contribution in [0.4, 0.5) is 0 Å². The lowest BCUT2D eigenvalue weighted by molar-refractivity contribution is 0.303. The molecule has 0 radical (unpaired) electrons. The highest BCUT2D eigenvalue weighted by atomic mass is 15.3. The summed E-state index contributed by atoms with van der Waals surface area (Å²) in [5, 5.41) is 4.58. The monoisotopic (exact) mass is 302 g/mol. The first-order valence-electron chi connectivity index (χ1n) is 8.48. The average molecular weight is 303 g/mol. The zero-order valence-electron chi connectivity index (χ0n) is 16.0. The van der Waals surface area contributed by atoms with Gasteiger partial charge in [0.15, 0.2) is 0 Å². The Morgan fingerprint density at radius 1 is 1.32 bits per heavy atom. The van der Waals surface area contributed by atoms with Crippen LogP contribution in [0.5, 0.6) is 0 Å². The average Bonchev–Trinajstić information content (AvgIpc) is 2.68. The van der Waals surface area contributed by atoms with E-state index in [0.717, 1.165) is 18.5 Å². The predicted octanol–water partition coefficient (Wildman–Crippen LogP) is 5.85. The normalized spacial score (nSPS) is 15.3. The Morgan fingerprint density at radius 3 is 2.32 bits per heavy atom. The molecule has 0 spiro atoms. The van der Waals surface area contributed by atoms with Gasteiger partial charge in [-0.05, 0) is 57.4 Å². The summed E-state index contributed by atoms with van der Waals surface area (Å²) in [5.74, 6) is 0.617. The Bertz CT molecular complexity index is 571. The largest absolute Gasteiger partial charge is 0.272 e. The van der Waals surface area contributed by atoms with Crippen molar-refractivity contribution in [3.63, 3.8) is 0 Å². The summed E-state index contributed by atoms with van der Waals surface area (Å²) in [7, 11) is 2.03. The fourth-order valence-corrected chi connectivity index (χ4v) is 3.28. The van der Waals surface area contributed by atoms with Crippen molar-refractivity contribution in [2.75, 3.05) is 0 Å². The zero-order valence-corrected chi connectivity index (χ0v) is 16.0. The van der Waals surface area contributed by atoms with Crippen molar-refractivity contribution in [3.8, 4) is 0 Å². The first-order chi connectivity index (χ1) is 10.2. The van der Waals surface area contributed by atoms with Crippen LogP contribution in [0.3, 0.4) is 0 Å². The van der Waals surface area contributed by atoms with Crippen molar-refractivity contribution in [1.82, 2.24) is 9.78 Å². The fourth-order valence-electron chi connectivity index (χ4n) is 3.28. The van der Waals surface area contributed by atoms with E-state index in [1.54, 1.807) is 5.57 Å². The van der Waals surface area contributed by atoms with Gasteiger partial charge in [-0.25, -0.2) is 0 Å². The van der Waals surface area contributed by atoms with E-state index in [1.807, 2.05) is 11.7 Å². The summed E-state index contributed by atoms with van der Waals surface area (Å²) in [6.45, 7) is 18.0. The molecule has 2 heteroatoms. The van der Waals surface area contributed by atoms with Gasteiger partial charge in [-0.15, -0.1) is 0 Å². The molecule has 0 amide bonds. The SMILES string of the molecule is C/C=C/C(C)(C)C(C)C/C(CC)=C(\C)c1c(C)nn(C)c1C.